The molecule has 0 heterocycles. The summed E-state index contributed by atoms with van der Waals surface area (Å²) in [5, 5.41) is 10.7. The third-order valence-corrected chi connectivity index (χ3v) is 3.69. The fourth-order valence-corrected chi connectivity index (χ4v) is 2.15. The van der Waals surface area contributed by atoms with Crippen molar-refractivity contribution in [2.24, 2.45) is 5.14 Å². The minimum atomic E-state index is -3.65. The number of carbonyl (C=O) groups is 1. The van der Waals surface area contributed by atoms with Crippen molar-refractivity contribution in [2.75, 3.05) is 33.4 Å². The lowest BCUT2D eigenvalue weighted by Crippen LogP contribution is -2.36. The Labute approximate surface area is 124 Å². The number of nitrogens with one attached hydrogen (secondary N) is 2. The topological polar surface area (TPSA) is 111 Å². The van der Waals surface area contributed by atoms with Crippen molar-refractivity contribution in [3.05, 3.63) is 29.8 Å². The molecule has 1 aromatic carbocycles. The van der Waals surface area contributed by atoms with Gasteiger partial charge in [0.25, 0.3) is 0 Å². The summed E-state index contributed by atoms with van der Waals surface area (Å²) in [5.41, 5.74) is 0.967. The van der Waals surface area contributed by atoms with E-state index < -0.39 is 10.0 Å². The third-order valence-electron chi connectivity index (χ3n) is 2.76. The number of ether oxygens (including phenoxy) is 1. The minimum absolute atomic E-state index is 0.0865. The van der Waals surface area contributed by atoms with E-state index in [9.17, 15) is 13.2 Å². The molecule has 1 rings (SSSR count). The highest BCUT2D eigenvalue weighted by atomic mass is 32.2. The Morgan fingerprint density at radius 2 is 1.90 bits per heavy atom. The van der Waals surface area contributed by atoms with Crippen molar-refractivity contribution >= 4 is 15.9 Å². The number of primary sulfonamides is 1. The van der Waals surface area contributed by atoms with Crippen molar-refractivity contribution in [2.45, 2.75) is 11.3 Å². The Morgan fingerprint density at radius 3 is 2.48 bits per heavy atom. The first-order valence-electron chi connectivity index (χ1n) is 6.51. The summed E-state index contributed by atoms with van der Waals surface area (Å²) < 4.78 is 27.0. The quantitative estimate of drug-likeness (QED) is 0.518. The van der Waals surface area contributed by atoms with Crippen LogP contribution in [-0.2, 0) is 26.0 Å². The summed E-state index contributed by atoms with van der Waals surface area (Å²) in [6.07, 6.45) is 0.691. The Kier molecular flexibility index (Phi) is 7.30. The van der Waals surface area contributed by atoms with E-state index in [0.29, 0.717) is 26.1 Å². The first kappa shape index (κ1) is 17.6. The van der Waals surface area contributed by atoms with Crippen LogP contribution in [0.15, 0.2) is 29.2 Å². The van der Waals surface area contributed by atoms with Crippen LogP contribution in [0.1, 0.15) is 5.56 Å². The van der Waals surface area contributed by atoms with Gasteiger partial charge in [0.1, 0.15) is 0 Å². The smallest absolute Gasteiger partial charge is 0.238 e. The van der Waals surface area contributed by atoms with Crippen LogP contribution < -0.4 is 15.8 Å². The maximum absolute atomic E-state index is 11.4. The predicted molar refractivity (Wildman–Crippen MR) is 79.3 cm³/mol. The van der Waals surface area contributed by atoms with Crippen molar-refractivity contribution in [3.8, 4) is 0 Å². The van der Waals surface area contributed by atoms with Crippen LogP contribution in [0.4, 0.5) is 0 Å². The van der Waals surface area contributed by atoms with Crippen LogP contribution >= 0.6 is 0 Å². The number of carbonyl (C=O) groups excluding carboxylic acids is 1. The van der Waals surface area contributed by atoms with Gasteiger partial charge in [-0.25, -0.2) is 13.6 Å². The van der Waals surface area contributed by atoms with Gasteiger partial charge in [-0.15, -0.1) is 0 Å². The molecule has 7 nitrogen and oxygen atoms in total. The standard InChI is InChI=1S/C13H21N3O4S/c1-20-9-8-16-13(17)10-15-7-6-11-2-4-12(5-3-11)21(14,18)19/h2-5,15H,6-10H2,1H3,(H,16,17)(H2,14,18,19). The maximum Gasteiger partial charge on any atom is 0.238 e. The molecule has 1 aromatic rings. The first-order chi connectivity index (χ1) is 9.93. The zero-order valence-corrected chi connectivity index (χ0v) is 12.8. The fourth-order valence-electron chi connectivity index (χ4n) is 1.64. The third kappa shape index (κ3) is 7.19. The molecule has 0 bridgehead atoms. The minimum Gasteiger partial charge on any atom is -0.383 e. The van der Waals surface area contributed by atoms with Crippen LogP contribution in [0.3, 0.4) is 0 Å². The zero-order chi connectivity index (χ0) is 15.7. The molecular formula is C13H21N3O4S. The van der Waals surface area contributed by atoms with E-state index in [1.54, 1.807) is 19.2 Å². The number of hydrogen-bond acceptors (Lipinski definition) is 5. The van der Waals surface area contributed by atoms with E-state index in [4.69, 9.17) is 9.88 Å². The summed E-state index contributed by atoms with van der Waals surface area (Å²) in [5.74, 6) is -0.0865. The summed E-state index contributed by atoms with van der Waals surface area (Å²) in [6, 6.07) is 6.37. The van der Waals surface area contributed by atoms with Crippen LogP contribution in [0.25, 0.3) is 0 Å². The Balaban J connectivity index is 2.25. The van der Waals surface area contributed by atoms with E-state index in [1.165, 1.54) is 12.1 Å². The van der Waals surface area contributed by atoms with Gasteiger partial charge in [-0.2, -0.15) is 0 Å². The van der Waals surface area contributed by atoms with Gasteiger partial charge in [-0.1, -0.05) is 12.1 Å². The van der Waals surface area contributed by atoms with Crippen LogP contribution in [0, 0.1) is 0 Å². The lowest BCUT2D eigenvalue weighted by molar-refractivity contribution is -0.120. The van der Waals surface area contributed by atoms with Crippen LogP contribution in [0.5, 0.6) is 0 Å². The average Bonchev–Trinajstić information content (AvgIpc) is 2.43. The first-order valence-corrected chi connectivity index (χ1v) is 8.06. The van der Waals surface area contributed by atoms with E-state index in [2.05, 4.69) is 10.6 Å². The summed E-state index contributed by atoms with van der Waals surface area (Å²) in [4.78, 5) is 11.5. The molecule has 0 aliphatic rings. The molecule has 118 valence electrons. The lowest BCUT2D eigenvalue weighted by atomic mass is 10.1. The monoisotopic (exact) mass is 315 g/mol. The summed E-state index contributed by atoms with van der Waals surface area (Å²) >= 11 is 0. The highest BCUT2D eigenvalue weighted by Gasteiger charge is 2.06. The Bertz CT molecular complexity index is 543. The van der Waals surface area contributed by atoms with Gasteiger partial charge < -0.3 is 15.4 Å². The molecule has 4 N–H and O–H groups in total. The second-order valence-corrected chi connectivity index (χ2v) is 6.02. The Hall–Kier alpha value is -1.48. The molecule has 8 heteroatoms. The molecular weight excluding hydrogens is 294 g/mol. The number of amides is 1. The average molecular weight is 315 g/mol. The van der Waals surface area contributed by atoms with E-state index in [0.717, 1.165) is 5.56 Å². The van der Waals surface area contributed by atoms with Crippen LogP contribution in [-0.4, -0.2) is 47.7 Å². The second kappa shape index (κ2) is 8.73. The van der Waals surface area contributed by atoms with Crippen molar-refractivity contribution in [1.29, 1.82) is 0 Å². The zero-order valence-electron chi connectivity index (χ0n) is 12.0. The second-order valence-electron chi connectivity index (χ2n) is 4.46. The number of sulfonamides is 1. The molecule has 21 heavy (non-hydrogen) atoms. The molecule has 0 unspecified atom stereocenters. The van der Waals surface area contributed by atoms with E-state index in [1.807, 2.05) is 0 Å². The maximum atomic E-state index is 11.4. The largest absolute Gasteiger partial charge is 0.383 e. The SMILES string of the molecule is COCCNC(=O)CNCCc1ccc(S(N)(=O)=O)cc1. The molecule has 0 saturated heterocycles. The van der Waals surface area contributed by atoms with Gasteiger partial charge in [-0.3, -0.25) is 4.79 Å². The van der Waals surface area contributed by atoms with Gasteiger partial charge in [0.15, 0.2) is 0 Å². The number of hydrogen-bond donors (Lipinski definition) is 3. The summed E-state index contributed by atoms with van der Waals surface area (Å²) in [6.45, 7) is 1.83. The van der Waals surface area contributed by atoms with Gasteiger partial charge in [-0.05, 0) is 30.7 Å². The number of methoxy groups -OCH3 is 1. The highest BCUT2D eigenvalue weighted by molar-refractivity contribution is 7.89. The predicted octanol–water partition coefficient (Wildman–Crippen LogP) is -0.771. The number of nitrogens with two attached hydrogens (primary N) is 1. The van der Waals surface area contributed by atoms with E-state index in [-0.39, 0.29) is 17.3 Å². The molecule has 0 aliphatic heterocycles. The van der Waals surface area contributed by atoms with Gasteiger partial charge >= 0.3 is 0 Å². The molecule has 0 aliphatic carbocycles. The lowest BCUT2D eigenvalue weighted by Gasteiger charge is -2.07. The van der Waals surface area contributed by atoms with Gasteiger partial charge in [0.2, 0.25) is 15.9 Å². The molecule has 1 amide bonds. The summed E-state index contributed by atoms with van der Waals surface area (Å²) in [7, 11) is -2.07. The van der Waals surface area contributed by atoms with Crippen molar-refractivity contribution in [1.82, 2.24) is 10.6 Å². The normalized spacial score (nSPS) is 11.3. The van der Waals surface area contributed by atoms with Crippen LogP contribution in [0.2, 0.25) is 0 Å². The molecule has 0 fully saturated rings. The molecule has 0 radical (unpaired) electrons. The van der Waals surface area contributed by atoms with Gasteiger partial charge in [0, 0.05) is 13.7 Å². The molecule has 0 atom stereocenters. The highest BCUT2D eigenvalue weighted by Crippen LogP contribution is 2.08. The molecule has 0 saturated carbocycles. The van der Waals surface area contributed by atoms with Crippen molar-refractivity contribution < 1.29 is 17.9 Å². The van der Waals surface area contributed by atoms with E-state index >= 15 is 0 Å². The fraction of sp³-hybridized carbons (Fsp3) is 0.462. The Morgan fingerprint density at radius 1 is 1.24 bits per heavy atom. The molecule has 0 aromatic heterocycles. The van der Waals surface area contributed by atoms with Crippen molar-refractivity contribution in [3.63, 3.8) is 0 Å². The molecule has 0 spiro atoms. The number of benzene rings is 1. The van der Waals surface area contributed by atoms with Gasteiger partial charge in [0.05, 0.1) is 18.0 Å². The number of rotatable bonds is 9.